The summed E-state index contributed by atoms with van der Waals surface area (Å²) in [5.74, 6) is -0.231. The molecule has 3 heteroatoms. The van der Waals surface area contributed by atoms with Crippen LogP contribution in [0.2, 0.25) is 0 Å². The number of para-hydroxylation sites is 1. The maximum atomic E-state index is 11.8. The van der Waals surface area contributed by atoms with Crippen LogP contribution in [0.25, 0.3) is 11.1 Å². The van der Waals surface area contributed by atoms with Crippen LogP contribution in [0.15, 0.2) is 48.5 Å². The molecular weight excluding hydrogens is 228 g/mol. The number of benzene rings is 2. The van der Waals surface area contributed by atoms with Crippen LogP contribution in [-0.2, 0) is 4.74 Å². The molecule has 92 valence electrons. The second kappa shape index (κ2) is 5.36. The van der Waals surface area contributed by atoms with Gasteiger partial charge in [0, 0.05) is 5.56 Å². The number of phenols is 1. The van der Waals surface area contributed by atoms with Crippen molar-refractivity contribution >= 4 is 5.97 Å². The molecule has 2 aromatic rings. The first-order valence-corrected chi connectivity index (χ1v) is 5.78. The number of rotatable bonds is 3. The smallest absolute Gasteiger partial charge is 0.338 e. The molecule has 3 nitrogen and oxygen atoms in total. The second-order valence-electron chi connectivity index (χ2n) is 3.78. The van der Waals surface area contributed by atoms with Gasteiger partial charge >= 0.3 is 5.97 Å². The fraction of sp³-hybridized carbons (Fsp3) is 0.133. The van der Waals surface area contributed by atoms with Crippen molar-refractivity contribution in [3.8, 4) is 16.9 Å². The van der Waals surface area contributed by atoms with Gasteiger partial charge in [-0.25, -0.2) is 4.79 Å². The summed E-state index contributed by atoms with van der Waals surface area (Å²) in [6, 6.07) is 14.0. The number of hydrogen-bond donors (Lipinski definition) is 1. The van der Waals surface area contributed by atoms with Crippen molar-refractivity contribution in [3.63, 3.8) is 0 Å². The summed E-state index contributed by atoms with van der Waals surface area (Å²) in [6.07, 6.45) is 0. The van der Waals surface area contributed by atoms with E-state index in [-0.39, 0.29) is 11.7 Å². The van der Waals surface area contributed by atoms with Crippen LogP contribution in [-0.4, -0.2) is 17.7 Å². The molecule has 2 aromatic carbocycles. The Morgan fingerprint density at radius 2 is 1.67 bits per heavy atom. The summed E-state index contributed by atoms with van der Waals surface area (Å²) in [6.45, 7) is 2.09. The van der Waals surface area contributed by atoms with Gasteiger partial charge in [-0.15, -0.1) is 0 Å². The molecule has 0 saturated carbocycles. The minimum atomic E-state index is -0.378. The van der Waals surface area contributed by atoms with E-state index in [1.165, 1.54) is 0 Å². The lowest BCUT2D eigenvalue weighted by Crippen LogP contribution is -2.06. The van der Waals surface area contributed by atoms with Crippen molar-refractivity contribution in [3.05, 3.63) is 54.1 Å². The highest BCUT2D eigenvalue weighted by molar-refractivity contribution is 5.98. The van der Waals surface area contributed by atoms with E-state index in [1.54, 1.807) is 43.3 Å². The zero-order chi connectivity index (χ0) is 13.0. The first kappa shape index (κ1) is 12.2. The lowest BCUT2D eigenvalue weighted by atomic mass is 9.99. The lowest BCUT2D eigenvalue weighted by molar-refractivity contribution is 0.0527. The molecule has 0 atom stereocenters. The SMILES string of the molecule is CCOC(=O)c1ccccc1-c1ccccc1O. The molecule has 18 heavy (non-hydrogen) atoms. The molecule has 2 rings (SSSR count). The van der Waals surface area contributed by atoms with Crippen molar-refractivity contribution in [2.45, 2.75) is 6.92 Å². The highest BCUT2D eigenvalue weighted by atomic mass is 16.5. The average Bonchev–Trinajstić information content (AvgIpc) is 2.40. The highest BCUT2D eigenvalue weighted by Gasteiger charge is 2.14. The van der Waals surface area contributed by atoms with Crippen LogP contribution >= 0.6 is 0 Å². The number of hydrogen-bond acceptors (Lipinski definition) is 3. The summed E-state index contributed by atoms with van der Waals surface area (Å²) in [5, 5.41) is 9.85. The quantitative estimate of drug-likeness (QED) is 0.840. The molecule has 0 unspecified atom stereocenters. The molecule has 0 heterocycles. The van der Waals surface area contributed by atoms with Crippen LogP contribution in [0, 0.1) is 0 Å². The highest BCUT2D eigenvalue weighted by Crippen LogP contribution is 2.31. The van der Waals surface area contributed by atoms with Crippen molar-refractivity contribution in [1.82, 2.24) is 0 Å². The third-order valence-corrected chi connectivity index (χ3v) is 2.62. The summed E-state index contributed by atoms with van der Waals surface area (Å²) in [5.41, 5.74) is 1.76. The van der Waals surface area contributed by atoms with Crippen LogP contribution in [0.1, 0.15) is 17.3 Å². The van der Waals surface area contributed by atoms with Gasteiger partial charge in [0.25, 0.3) is 0 Å². The standard InChI is InChI=1S/C15H14O3/c1-2-18-15(17)13-9-4-3-7-11(13)12-8-5-6-10-14(12)16/h3-10,16H,2H2,1H3. The van der Waals surface area contributed by atoms with E-state index >= 15 is 0 Å². The molecule has 0 fully saturated rings. The fourth-order valence-corrected chi connectivity index (χ4v) is 1.81. The third-order valence-electron chi connectivity index (χ3n) is 2.62. The van der Waals surface area contributed by atoms with Gasteiger partial charge in [0.2, 0.25) is 0 Å². The zero-order valence-corrected chi connectivity index (χ0v) is 10.1. The predicted molar refractivity (Wildman–Crippen MR) is 69.5 cm³/mol. The summed E-state index contributed by atoms with van der Waals surface area (Å²) in [7, 11) is 0. The second-order valence-corrected chi connectivity index (χ2v) is 3.78. The molecule has 0 aliphatic heterocycles. The molecule has 0 bridgehead atoms. The van der Waals surface area contributed by atoms with E-state index in [0.717, 1.165) is 0 Å². The number of ether oxygens (including phenoxy) is 1. The number of carbonyl (C=O) groups excluding carboxylic acids is 1. The van der Waals surface area contributed by atoms with Crippen LogP contribution in [0.4, 0.5) is 0 Å². The molecule has 0 amide bonds. The van der Waals surface area contributed by atoms with Crippen molar-refractivity contribution in [1.29, 1.82) is 0 Å². The van der Waals surface area contributed by atoms with E-state index in [2.05, 4.69) is 0 Å². The van der Waals surface area contributed by atoms with Gasteiger partial charge < -0.3 is 9.84 Å². The van der Waals surface area contributed by atoms with Crippen LogP contribution in [0.5, 0.6) is 5.75 Å². The average molecular weight is 242 g/mol. The number of aromatic hydroxyl groups is 1. The van der Waals surface area contributed by atoms with E-state index in [9.17, 15) is 9.90 Å². The topological polar surface area (TPSA) is 46.5 Å². The molecule has 0 aromatic heterocycles. The molecule has 0 aliphatic rings. The molecule has 1 N–H and O–H groups in total. The Morgan fingerprint density at radius 1 is 1.06 bits per heavy atom. The van der Waals surface area contributed by atoms with Gasteiger partial charge in [-0.1, -0.05) is 36.4 Å². The van der Waals surface area contributed by atoms with Crippen molar-refractivity contribution in [2.24, 2.45) is 0 Å². The Morgan fingerprint density at radius 3 is 2.33 bits per heavy atom. The lowest BCUT2D eigenvalue weighted by Gasteiger charge is -2.10. The summed E-state index contributed by atoms with van der Waals surface area (Å²) < 4.78 is 5.01. The third kappa shape index (κ3) is 2.35. The number of phenolic OH excluding ortho intramolecular Hbond substituents is 1. The molecule has 0 radical (unpaired) electrons. The number of carbonyl (C=O) groups is 1. The van der Waals surface area contributed by atoms with Gasteiger partial charge in [-0.2, -0.15) is 0 Å². The Bertz CT molecular complexity index is 561. The van der Waals surface area contributed by atoms with E-state index < -0.39 is 0 Å². The normalized spacial score (nSPS) is 10.1. The maximum Gasteiger partial charge on any atom is 0.338 e. The van der Waals surface area contributed by atoms with E-state index in [4.69, 9.17) is 4.74 Å². The van der Waals surface area contributed by atoms with E-state index in [0.29, 0.717) is 23.3 Å². The Hall–Kier alpha value is -2.29. The maximum absolute atomic E-state index is 11.8. The minimum absolute atomic E-state index is 0.147. The predicted octanol–water partition coefficient (Wildman–Crippen LogP) is 3.24. The van der Waals surface area contributed by atoms with Crippen LogP contribution in [0.3, 0.4) is 0 Å². The number of esters is 1. The molecule has 0 spiro atoms. The first-order chi connectivity index (χ1) is 8.74. The fourth-order valence-electron chi connectivity index (χ4n) is 1.81. The largest absolute Gasteiger partial charge is 0.507 e. The monoisotopic (exact) mass is 242 g/mol. The van der Waals surface area contributed by atoms with Gasteiger partial charge in [-0.3, -0.25) is 0 Å². The summed E-state index contributed by atoms with van der Waals surface area (Å²) in [4.78, 5) is 11.8. The van der Waals surface area contributed by atoms with Crippen LogP contribution < -0.4 is 0 Å². The van der Waals surface area contributed by atoms with Gasteiger partial charge in [0.1, 0.15) is 5.75 Å². The summed E-state index contributed by atoms with van der Waals surface area (Å²) >= 11 is 0. The molecule has 0 aliphatic carbocycles. The first-order valence-electron chi connectivity index (χ1n) is 5.78. The van der Waals surface area contributed by atoms with Gasteiger partial charge in [0.15, 0.2) is 0 Å². The Balaban J connectivity index is 2.52. The molecular formula is C15H14O3. The zero-order valence-electron chi connectivity index (χ0n) is 10.1. The van der Waals surface area contributed by atoms with Gasteiger partial charge in [-0.05, 0) is 24.6 Å². The van der Waals surface area contributed by atoms with Gasteiger partial charge in [0.05, 0.1) is 12.2 Å². The van der Waals surface area contributed by atoms with Crippen molar-refractivity contribution < 1.29 is 14.6 Å². The molecule has 0 saturated heterocycles. The Kier molecular flexibility index (Phi) is 3.63. The minimum Gasteiger partial charge on any atom is -0.507 e. The van der Waals surface area contributed by atoms with Crippen molar-refractivity contribution in [2.75, 3.05) is 6.61 Å². The van der Waals surface area contributed by atoms with E-state index in [1.807, 2.05) is 12.1 Å². The Labute approximate surface area is 106 Å².